The first-order valence-electron chi connectivity index (χ1n) is 13.0. The molecule has 1 N–H and O–H groups in total. The molecule has 1 aliphatic heterocycles. The zero-order chi connectivity index (χ0) is 26.2. The zero-order valence-electron chi connectivity index (χ0n) is 21.6. The average Bonchev–Trinajstić information content (AvgIpc) is 3.61. The third-order valence-corrected chi connectivity index (χ3v) is 7.41. The molecular weight excluding hydrogens is 480 g/mol. The summed E-state index contributed by atoms with van der Waals surface area (Å²) in [5, 5.41) is 3.08. The van der Waals surface area contributed by atoms with Gasteiger partial charge in [-0.2, -0.15) is 0 Å². The van der Waals surface area contributed by atoms with Gasteiger partial charge in [0.15, 0.2) is 11.4 Å². The van der Waals surface area contributed by atoms with Gasteiger partial charge in [-0.25, -0.2) is 8.78 Å². The van der Waals surface area contributed by atoms with Crippen LogP contribution in [0.4, 0.5) is 8.78 Å². The van der Waals surface area contributed by atoms with E-state index in [-0.39, 0.29) is 37.5 Å². The molecular formula is C29H35F2NO5. The Hall–Kier alpha value is -2.39. The smallest absolute Gasteiger partial charge is 0.252 e. The predicted octanol–water partition coefficient (Wildman–Crippen LogP) is 4.95. The number of nitrogens with one attached hydrogen (secondary N) is 1. The number of benzene rings is 2. The summed E-state index contributed by atoms with van der Waals surface area (Å²) >= 11 is 0. The van der Waals surface area contributed by atoms with Crippen LogP contribution in [0.25, 0.3) is 0 Å². The third-order valence-electron chi connectivity index (χ3n) is 7.41. The van der Waals surface area contributed by atoms with E-state index in [1.54, 1.807) is 13.8 Å². The van der Waals surface area contributed by atoms with E-state index in [2.05, 4.69) is 5.32 Å². The summed E-state index contributed by atoms with van der Waals surface area (Å²) in [5.74, 6) is -1.97. The SMILES string of the molecule is Cc1cccc(CO[C@]2(C(=O)NCC3CC3)C[C@H](OCc3c(F)cccc3F)[C@@H]3OC(C)(C)O[C@@H]3C2)c1. The van der Waals surface area contributed by atoms with Gasteiger partial charge in [-0.1, -0.05) is 35.9 Å². The molecule has 0 aromatic heterocycles. The minimum Gasteiger partial charge on any atom is -0.370 e. The third kappa shape index (κ3) is 6.03. The van der Waals surface area contributed by atoms with Crippen molar-refractivity contribution in [2.24, 2.45) is 5.92 Å². The van der Waals surface area contributed by atoms with Crippen molar-refractivity contribution in [3.63, 3.8) is 0 Å². The molecule has 1 saturated heterocycles. The molecule has 0 bridgehead atoms. The second kappa shape index (κ2) is 10.4. The van der Waals surface area contributed by atoms with Crippen molar-refractivity contribution in [3.05, 3.63) is 70.8 Å². The largest absolute Gasteiger partial charge is 0.370 e. The maximum Gasteiger partial charge on any atom is 0.252 e. The van der Waals surface area contributed by atoms with Crippen LogP contribution in [0.15, 0.2) is 42.5 Å². The standard InChI is InChI=1S/C29H35F2NO5/c1-18-6-4-7-20(12-18)16-35-29(27(33)32-15-19-10-11-19)13-24(26-25(14-29)36-28(2,3)37-26)34-17-21-22(30)8-5-9-23(21)31/h4-9,12,19,24-26H,10-11,13-17H2,1-3H3,(H,32,33)/t24-,25+,26-,29+/m0/s1. The Morgan fingerprint density at radius 2 is 1.78 bits per heavy atom. The van der Waals surface area contributed by atoms with Crippen LogP contribution >= 0.6 is 0 Å². The molecule has 2 saturated carbocycles. The Morgan fingerprint density at radius 3 is 2.49 bits per heavy atom. The van der Waals surface area contributed by atoms with Crippen molar-refractivity contribution >= 4 is 5.91 Å². The Bertz CT molecular complexity index is 1120. The number of rotatable bonds is 9. The monoisotopic (exact) mass is 515 g/mol. The quantitative estimate of drug-likeness (QED) is 0.512. The van der Waals surface area contributed by atoms with Crippen molar-refractivity contribution in [2.75, 3.05) is 6.54 Å². The van der Waals surface area contributed by atoms with Crippen LogP contribution in [-0.4, -0.2) is 42.2 Å². The minimum absolute atomic E-state index is 0.160. The molecule has 0 radical (unpaired) electrons. The lowest BCUT2D eigenvalue weighted by molar-refractivity contribution is -0.183. The Morgan fingerprint density at radius 1 is 1.05 bits per heavy atom. The van der Waals surface area contributed by atoms with Crippen LogP contribution < -0.4 is 5.32 Å². The van der Waals surface area contributed by atoms with Crippen LogP contribution in [-0.2, 0) is 37.0 Å². The van der Waals surface area contributed by atoms with E-state index in [1.165, 1.54) is 18.2 Å². The van der Waals surface area contributed by atoms with Crippen molar-refractivity contribution in [3.8, 4) is 0 Å². The summed E-state index contributed by atoms with van der Waals surface area (Å²) in [6, 6.07) is 11.7. The number of hydrogen-bond donors (Lipinski definition) is 1. The molecule has 37 heavy (non-hydrogen) atoms. The van der Waals surface area contributed by atoms with Gasteiger partial charge in [-0.15, -0.1) is 0 Å². The van der Waals surface area contributed by atoms with Gasteiger partial charge in [-0.3, -0.25) is 4.79 Å². The highest BCUT2D eigenvalue weighted by atomic mass is 19.1. The van der Waals surface area contributed by atoms with E-state index in [0.29, 0.717) is 12.5 Å². The summed E-state index contributed by atoms with van der Waals surface area (Å²) in [5.41, 5.74) is 0.639. The first-order valence-corrected chi connectivity index (χ1v) is 13.0. The summed E-state index contributed by atoms with van der Waals surface area (Å²) in [6.07, 6.45) is 1.01. The first-order chi connectivity index (χ1) is 17.6. The highest BCUT2D eigenvalue weighted by Gasteiger charge is 2.58. The molecule has 2 aliphatic carbocycles. The van der Waals surface area contributed by atoms with Gasteiger partial charge in [-0.05, 0) is 57.2 Å². The van der Waals surface area contributed by atoms with Gasteiger partial charge < -0.3 is 24.3 Å². The van der Waals surface area contributed by atoms with Crippen LogP contribution in [0.5, 0.6) is 0 Å². The average molecular weight is 516 g/mol. The number of hydrogen-bond acceptors (Lipinski definition) is 5. The molecule has 8 heteroatoms. The fourth-order valence-electron chi connectivity index (χ4n) is 5.31. The molecule has 5 rings (SSSR count). The Labute approximate surface area is 216 Å². The van der Waals surface area contributed by atoms with Crippen molar-refractivity contribution in [1.82, 2.24) is 5.32 Å². The number of aryl methyl sites for hydroxylation is 1. The second-order valence-electron chi connectivity index (χ2n) is 11.0. The summed E-state index contributed by atoms with van der Waals surface area (Å²) in [4.78, 5) is 13.7. The zero-order valence-corrected chi connectivity index (χ0v) is 21.6. The molecule has 1 heterocycles. The molecule has 4 atom stereocenters. The molecule has 2 aromatic carbocycles. The summed E-state index contributed by atoms with van der Waals surface area (Å²) in [6.45, 7) is 6.15. The topological polar surface area (TPSA) is 66.0 Å². The van der Waals surface area contributed by atoms with Gasteiger partial charge in [0.25, 0.3) is 5.91 Å². The molecule has 2 aromatic rings. The van der Waals surface area contributed by atoms with Gasteiger partial charge in [0.2, 0.25) is 0 Å². The first kappa shape index (κ1) is 26.2. The predicted molar refractivity (Wildman–Crippen MR) is 132 cm³/mol. The number of fused-ring (bicyclic) bond motifs is 1. The highest BCUT2D eigenvalue weighted by molar-refractivity contribution is 5.85. The number of ether oxygens (including phenoxy) is 4. The molecule has 6 nitrogen and oxygen atoms in total. The van der Waals surface area contributed by atoms with E-state index in [9.17, 15) is 13.6 Å². The van der Waals surface area contributed by atoms with Gasteiger partial charge in [0.05, 0.1) is 25.4 Å². The number of carbonyl (C=O) groups excluding carboxylic acids is 1. The van der Waals surface area contributed by atoms with E-state index in [0.717, 1.165) is 24.0 Å². The number of amides is 1. The fourth-order valence-corrected chi connectivity index (χ4v) is 5.31. The minimum atomic E-state index is -1.25. The van der Waals surface area contributed by atoms with Crippen molar-refractivity contribution in [1.29, 1.82) is 0 Å². The Kier molecular flexibility index (Phi) is 7.38. The van der Waals surface area contributed by atoms with Crippen molar-refractivity contribution < 1.29 is 32.5 Å². The van der Waals surface area contributed by atoms with E-state index in [4.69, 9.17) is 18.9 Å². The molecule has 0 unspecified atom stereocenters. The van der Waals surface area contributed by atoms with Crippen LogP contribution in [0, 0.1) is 24.5 Å². The number of halogens is 2. The van der Waals surface area contributed by atoms with Gasteiger partial charge in [0.1, 0.15) is 17.7 Å². The van der Waals surface area contributed by atoms with Crippen LogP contribution in [0.1, 0.15) is 56.2 Å². The maximum atomic E-state index is 14.3. The highest BCUT2D eigenvalue weighted by Crippen LogP contribution is 2.44. The van der Waals surface area contributed by atoms with E-state index < -0.39 is 41.3 Å². The Balaban J connectivity index is 1.41. The summed E-state index contributed by atoms with van der Waals surface area (Å²) < 4.78 is 53.6. The van der Waals surface area contributed by atoms with Gasteiger partial charge >= 0.3 is 0 Å². The molecule has 1 amide bonds. The molecule has 200 valence electrons. The fraction of sp³-hybridized carbons (Fsp3) is 0.552. The molecule has 3 aliphatic rings. The lowest BCUT2D eigenvalue weighted by Gasteiger charge is -2.43. The van der Waals surface area contributed by atoms with Crippen molar-refractivity contribution in [2.45, 2.75) is 89.4 Å². The molecule has 0 spiro atoms. The van der Waals surface area contributed by atoms with E-state index in [1.807, 2.05) is 31.2 Å². The lowest BCUT2D eigenvalue weighted by atomic mass is 9.78. The molecule has 3 fully saturated rings. The lowest BCUT2D eigenvalue weighted by Crippen LogP contribution is -2.60. The van der Waals surface area contributed by atoms with Gasteiger partial charge in [0, 0.05) is 24.9 Å². The van der Waals surface area contributed by atoms with Crippen LogP contribution in [0.3, 0.4) is 0 Å². The maximum absolute atomic E-state index is 14.3. The van der Waals surface area contributed by atoms with Crippen LogP contribution in [0.2, 0.25) is 0 Å². The second-order valence-corrected chi connectivity index (χ2v) is 11.0. The van der Waals surface area contributed by atoms with E-state index >= 15 is 0 Å². The normalized spacial score (nSPS) is 28.6. The summed E-state index contributed by atoms with van der Waals surface area (Å²) in [7, 11) is 0. The number of carbonyl (C=O) groups is 1.